The van der Waals surface area contributed by atoms with Crippen molar-refractivity contribution in [3.63, 3.8) is 0 Å². The zero-order valence-corrected chi connectivity index (χ0v) is 17.3. The molecule has 0 fully saturated rings. The molecule has 1 aliphatic heterocycles. The number of imide groups is 1. The van der Waals surface area contributed by atoms with Crippen LogP contribution < -0.4 is 4.90 Å². The first-order valence-electron chi connectivity index (χ1n) is 9.49. The minimum absolute atomic E-state index is 0.00136. The van der Waals surface area contributed by atoms with Gasteiger partial charge in [0.1, 0.15) is 0 Å². The van der Waals surface area contributed by atoms with E-state index < -0.39 is 44.4 Å². The van der Waals surface area contributed by atoms with Crippen LogP contribution in [0.1, 0.15) is 26.3 Å². The Labute approximate surface area is 184 Å². The highest BCUT2D eigenvalue weighted by molar-refractivity contribution is 7.90. The Kier molecular flexibility index (Phi) is 4.43. The molecule has 1 aliphatic rings. The Morgan fingerprint density at radius 3 is 2.03 bits per heavy atom. The molecule has 0 radical (unpaired) electrons. The van der Waals surface area contributed by atoms with E-state index in [9.17, 15) is 31.2 Å². The molecular weight excluding hydrogens is 459 g/mol. The van der Waals surface area contributed by atoms with Crippen molar-refractivity contribution in [1.82, 2.24) is 8.96 Å². The predicted molar refractivity (Wildman–Crippen MR) is 111 cm³/mol. The SMILES string of the molecule is O=C1c2ccccc2C(=O)N1c1nc2ccccc2n1S(=O)(=O)c1cccc(C(F)(F)F)c1. The molecule has 0 saturated carbocycles. The van der Waals surface area contributed by atoms with E-state index in [1.807, 2.05) is 0 Å². The monoisotopic (exact) mass is 471 g/mol. The van der Waals surface area contributed by atoms with Gasteiger partial charge in [0.15, 0.2) is 0 Å². The molecule has 0 unspecified atom stereocenters. The zero-order chi connectivity index (χ0) is 23.5. The number of para-hydroxylation sites is 2. The highest BCUT2D eigenvalue weighted by Gasteiger charge is 2.41. The number of carbonyl (C=O) groups excluding carboxylic acids is 2. The summed E-state index contributed by atoms with van der Waals surface area (Å²) < 4.78 is 67.4. The predicted octanol–water partition coefficient (Wildman–Crippen LogP) is 4.09. The molecule has 0 saturated heterocycles. The number of carbonyl (C=O) groups is 2. The number of anilines is 1. The summed E-state index contributed by atoms with van der Waals surface area (Å²) in [5.74, 6) is -2.10. The Morgan fingerprint density at radius 2 is 1.39 bits per heavy atom. The highest BCUT2D eigenvalue weighted by atomic mass is 32.2. The van der Waals surface area contributed by atoms with Crippen molar-refractivity contribution < 1.29 is 31.2 Å². The van der Waals surface area contributed by atoms with Gasteiger partial charge in [0, 0.05) is 0 Å². The average Bonchev–Trinajstić information content (AvgIpc) is 3.29. The van der Waals surface area contributed by atoms with Crippen LogP contribution >= 0.6 is 0 Å². The van der Waals surface area contributed by atoms with Crippen molar-refractivity contribution >= 4 is 38.8 Å². The Bertz CT molecular complexity index is 1540. The fourth-order valence-electron chi connectivity index (χ4n) is 3.68. The van der Waals surface area contributed by atoms with Crippen LogP contribution in [0.15, 0.2) is 77.7 Å². The molecule has 0 spiro atoms. The van der Waals surface area contributed by atoms with E-state index in [2.05, 4.69) is 4.98 Å². The van der Waals surface area contributed by atoms with Crippen LogP contribution in [0.3, 0.4) is 0 Å². The van der Waals surface area contributed by atoms with Gasteiger partial charge < -0.3 is 0 Å². The number of hydrogen-bond donors (Lipinski definition) is 0. The van der Waals surface area contributed by atoms with Gasteiger partial charge in [-0.25, -0.2) is 18.3 Å². The minimum Gasteiger partial charge on any atom is -0.268 e. The number of alkyl halides is 3. The van der Waals surface area contributed by atoms with Crippen molar-refractivity contribution in [2.45, 2.75) is 11.1 Å². The van der Waals surface area contributed by atoms with Crippen molar-refractivity contribution in [2.75, 3.05) is 4.90 Å². The van der Waals surface area contributed by atoms with Gasteiger partial charge >= 0.3 is 6.18 Å². The quantitative estimate of drug-likeness (QED) is 0.420. The third-order valence-corrected chi connectivity index (χ3v) is 6.89. The number of nitrogens with zero attached hydrogens (tertiary/aromatic N) is 3. The summed E-state index contributed by atoms with van der Waals surface area (Å²) in [7, 11) is -4.70. The number of halogens is 3. The molecule has 0 bridgehead atoms. The number of benzene rings is 3. The first kappa shape index (κ1) is 20.9. The van der Waals surface area contributed by atoms with E-state index in [1.165, 1.54) is 30.3 Å². The van der Waals surface area contributed by atoms with Gasteiger partial charge in [0.05, 0.1) is 32.6 Å². The fourth-order valence-corrected chi connectivity index (χ4v) is 5.17. The lowest BCUT2D eigenvalue weighted by Gasteiger charge is -2.17. The molecule has 1 aromatic heterocycles. The molecular formula is C22H12F3N3O4S. The lowest BCUT2D eigenvalue weighted by molar-refractivity contribution is -0.137. The van der Waals surface area contributed by atoms with Gasteiger partial charge in [-0.3, -0.25) is 9.59 Å². The maximum atomic E-state index is 13.6. The van der Waals surface area contributed by atoms with E-state index in [0.29, 0.717) is 14.9 Å². The lowest BCUT2D eigenvalue weighted by atomic mass is 10.1. The molecule has 0 aliphatic carbocycles. The van der Waals surface area contributed by atoms with Crippen molar-refractivity contribution in [2.24, 2.45) is 0 Å². The summed E-state index contributed by atoms with van der Waals surface area (Å²) >= 11 is 0. The van der Waals surface area contributed by atoms with E-state index in [0.717, 1.165) is 18.2 Å². The van der Waals surface area contributed by atoms with Crippen LogP contribution in [0.25, 0.3) is 11.0 Å². The fraction of sp³-hybridized carbons (Fsp3) is 0.0455. The second-order valence-corrected chi connectivity index (χ2v) is 8.97. The summed E-state index contributed by atoms with van der Waals surface area (Å²) in [6.07, 6.45) is -4.77. The third-order valence-electron chi connectivity index (χ3n) is 5.20. The zero-order valence-electron chi connectivity index (χ0n) is 16.4. The smallest absolute Gasteiger partial charge is 0.268 e. The van der Waals surface area contributed by atoms with Crippen LogP contribution in [0, 0.1) is 0 Å². The summed E-state index contributed by atoms with van der Waals surface area (Å²) in [4.78, 5) is 30.1. The van der Waals surface area contributed by atoms with Crippen LogP contribution in [0.5, 0.6) is 0 Å². The molecule has 2 amide bonds. The Morgan fingerprint density at radius 1 is 0.788 bits per heavy atom. The third kappa shape index (κ3) is 3.11. The van der Waals surface area contributed by atoms with Gasteiger partial charge in [0.25, 0.3) is 21.8 Å². The maximum Gasteiger partial charge on any atom is 0.416 e. The Hall–Kier alpha value is -3.99. The number of amides is 2. The standard InChI is InChI=1S/C22H12F3N3O4S/c23-22(24,25)13-6-5-7-14(12-13)33(31,32)28-18-11-4-3-10-17(18)26-21(28)27-19(29)15-8-1-2-9-16(15)20(27)30/h1-12H. The second-order valence-electron chi connectivity index (χ2n) is 7.19. The van der Waals surface area contributed by atoms with Gasteiger partial charge in [-0.05, 0) is 42.5 Å². The number of hydrogen-bond acceptors (Lipinski definition) is 5. The largest absolute Gasteiger partial charge is 0.416 e. The second kappa shape index (κ2) is 7.01. The average molecular weight is 471 g/mol. The summed E-state index contributed by atoms with van der Waals surface area (Å²) in [5.41, 5.74) is -0.883. The molecule has 33 heavy (non-hydrogen) atoms. The molecule has 0 atom stereocenters. The number of imidazole rings is 1. The van der Waals surface area contributed by atoms with E-state index in [4.69, 9.17) is 0 Å². The molecule has 0 N–H and O–H groups in total. The van der Waals surface area contributed by atoms with E-state index in [-0.39, 0.29) is 22.2 Å². The maximum absolute atomic E-state index is 13.6. The molecule has 7 nitrogen and oxygen atoms in total. The molecule has 166 valence electrons. The van der Waals surface area contributed by atoms with Crippen LogP contribution in [-0.2, 0) is 16.2 Å². The van der Waals surface area contributed by atoms with Crippen LogP contribution in [-0.4, -0.2) is 29.2 Å². The van der Waals surface area contributed by atoms with E-state index >= 15 is 0 Å². The van der Waals surface area contributed by atoms with Gasteiger partial charge in [0.2, 0.25) is 5.95 Å². The van der Waals surface area contributed by atoms with Gasteiger partial charge in [-0.15, -0.1) is 0 Å². The topological polar surface area (TPSA) is 89.3 Å². The number of fused-ring (bicyclic) bond motifs is 2. The van der Waals surface area contributed by atoms with Crippen LogP contribution in [0.4, 0.5) is 19.1 Å². The van der Waals surface area contributed by atoms with Gasteiger partial charge in [-0.2, -0.15) is 17.1 Å². The van der Waals surface area contributed by atoms with E-state index in [1.54, 1.807) is 18.2 Å². The number of aromatic nitrogens is 2. The van der Waals surface area contributed by atoms with Crippen LogP contribution in [0.2, 0.25) is 0 Å². The summed E-state index contributed by atoms with van der Waals surface area (Å²) in [6, 6.07) is 15.1. The lowest BCUT2D eigenvalue weighted by Crippen LogP contribution is -2.33. The Balaban J connectivity index is 1.76. The minimum atomic E-state index is -4.77. The summed E-state index contributed by atoms with van der Waals surface area (Å²) in [5, 5.41) is 0. The van der Waals surface area contributed by atoms with Gasteiger partial charge in [-0.1, -0.05) is 30.3 Å². The normalized spacial score (nSPS) is 14.2. The number of rotatable bonds is 3. The first-order valence-corrected chi connectivity index (χ1v) is 10.9. The first-order chi connectivity index (χ1) is 15.6. The highest BCUT2D eigenvalue weighted by Crippen LogP contribution is 2.35. The van der Waals surface area contributed by atoms with Crippen molar-refractivity contribution in [3.8, 4) is 0 Å². The van der Waals surface area contributed by atoms with Crippen molar-refractivity contribution in [3.05, 3.63) is 89.5 Å². The molecule has 5 rings (SSSR count). The molecule has 4 aromatic rings. The summed E-state index contributed by atoms with van der Waals surface area (Å²) in [6.45, 7) is 0. The molecule has 3 aromatic carbocycles. The molecule has 11 heteroatoms. The van der Waals surface area contributed by atoms with Crippen molar-refractivity contribution in [1.29, 1.82) is 0 Å². The molecule has 2 heterocycles.